The molecular weight excluding hydrogens is 533 g/mol. The molecule has 0 saturated heterocycles. The van der Waals surface area contributed by atoms with E-state index in [2.05, 4.69) is 21.2 Å². The molecule has 1 aliphatic rings. The molecular formula is C21H21BrClF3N2O3S. The monoisotopic (exact) mass is 552 g/mol. The van der Waals surface area contributed by atoms with Crippen LogP contribution in [0.4, 0.5) is 18.9 Å². The van der Waals surface area contributed by atoms with E-state index in [9.17, 15) is 26.4 Å². The Labute approximate surface area is 198 Å². The molecule has 0 bridgehead atoms. The molecule has 3 rings (SSSR count). The molecule has 1 saturated carbocycles. The number of carbonyl (C=O) groups is 1. The van der Waals surface area contributed by atoms with Crippen LogP contribution in [0, 0.1) is 0 Å². The molecule has 2 aromatic rings. The van der Waals surface area contributed by atoms with Gasteiger partial charge in [0.1, 0.15) is 0 Å². The van der Waals surface area contributed by atoms with Crippen LogP contribution in [0.5, 0.6) is 0 Å². The Bertz CT molecular complexity index is 1070. The minimum absolute atomic E-state index is 0.0153. The summed E-state index contributed by atoms with van der Waals surface area (Å²) >= 11 is 8.94. The standard InChI is InChI=1S/C21H21BrClF3N2O3S/c22-14-6-9-17(10-7-14)32(30,31)28(16-4-2-1-3-5-16)13-20(29)27-19-11-8-15(23)12-18(19)21(24,25)26/h6-12,16H,1-5,13H2,(H,27,29). The number of nitrogens with one attached hydrogen (secondary N) is 1. The van der Waals surface area contributed by atoms with E-state index < -0.39 is 45.9 Å². The first-order valence-corrected chi connectivity index (χ1v) is 12.5. The van der Waals surface area contributed by atoms with Gasteiger partial charge in [0.25, 0.3) is 0 Å². The molecule has 0 atom stereocenters. The maximum absolute atomic E-state index is 13.4. The van der Waals surface area contributed by atoms with Crippen molar-refractivity contribution in [1.29, 1.82) is 0 Å². The van der Waals surface area contributed by atoms with Crippen molar-refractivity contribution in [1.82, 2.24) is 4.31 Å². The average Bonchev–Trinajstić information content (AvgIpc) is 2.73. The van der Waals surface area contributed by atoms with Crippen LogP contribution in [0.1, 0.15) is 37.7 Å². The van der Waals surface area contributed by atoms with Crippen LogP contribution in [-0.2, 0) is 21.0 Å². The molecule has 2 aromatic carbocycles. The fraction of sp³-hybridized carbons (Fsp3) is 0.381. The molecule has 5 nitrogen and oxygen atoms in total. The van der Waals surface area contributed by atoms with Crippen LogP contribution in [0.15, 0.2) is 51.8 Å². The number of rotatable bonds is 6. The second-order valence-electron chi connectivity index (χ2n) is 7.53. The lowest BCUT2D eigenvalue weighted by Gasteiger charge is -2.33. The molecule has 32 heavy (non-hydrogen) atoms. The molecule has 0 unspecified atom stereocenters. The minimum atomic E-state index is -4.74. The van der Waals surface area contributed by atoms with E-state index in [1.54, 1.807) is 12.1 Å². The smallest absolute Gasteiger partial charge is 0.324 e. The number of anilines is 1. The quantitative estimate of drug-likeness (QED) is 0.471. The topological polar surface area (TPSA) is 66.5 Å². The number of benzene rings is 2. The molecule has 174 valence electrons. The predicted molar refractivity (Wildman–Crippen MR) is 120 cm³/mol. The zero-order valence-electron chi connectivity index (χ0n) is 16.8. The molecule has 11 heteroatoms. The van der Waals surface area contributed by atoms with Gasteiger partial charge in [-0.2, -0.15) is 17.5 Å². The van der Waals surface area contributed by atoms with Crippen molar-refractivity contribution in [3.05, 3.63) is 57.5 Å². The largest absolute Gasteiger partial charge is 0.418 e. The first kappa shape index (κ1) is 25.0. The predicted octanol–water partition coefficient (Wildman–Crippen LogP) is 6.08. The van der Waals surface area contributed by atoms with Crippen molar-refractivity contribution < 1.29 is 26.4 Å². The second-order valence-corrected chi connectivity index (χ2v) is 10.8. The third-order valence-corrected chi connectivity index (χ3v) is 7.94. The first-order valence-electron chi connectivity index (χ1n) is 9.92. The van der Waals surface area contributed by atoms with Crippen LogP contribution in [0.3, 0.4) is 0 Å². The fourth-order valence-electron chi connectivity index (χ4n) is 3.71. The highest BCUT2D eigenvalue weighted by molar-refractivity contribution is 9.10. The van der Waals surface area contributed by atoms with Gasteiger partial charge in [-0.1, -0.05) is 46.8 Å². The third-order valence-electron chi connectivity index (χ3n) is 5.26. The summed E-state index contributed by atoms with van der Waals surface area (Å²) in [6, 6.07) is 8.60. The number of hydrogen-bond donors (Lipinski definition) is 1. The van der Waals surface area contributed by atoms with Crippen molar-refractivity contribution in [2.24, 2.45) is 0 Å². The van der Waals surface area contributed by atoms with Gasteiger partial charge < -0.3 is 5.32 Å². The maximum atomic E-state index is 13.4. The summed E-state index contributed by atoms with van der Waals surface area (Å²) < 4.78 is 68.5. The van der Waals surface area contributed by atoms with Crippen LogP contribution < -0.4 is 5.32 Å². The highest BCUT2D eigenvalue weighted by Gasteiger charge is 2.36. The first-order chi connectivity index (χ1) is 15.0. The lowest BCUT2D eigenvalue weighted by Crippen LogP contribution is -2.45. The van der Waals surface area contributed by atoms with Crippen molar-refractivity contribution in [3.8, 4) is 0 Å². The summed E-state index contributed by atoms with van der Waals surface area (Å²) in [4.78, 5) is 12.8. The number of nitrogens with zero attached hydrogens (tertiary/aromatic N) is 1. The minimum Gasteiger partial charge on any atom is -0.324 e. The number of hydrogen-bond acceptors (Lipinski definition) is 3. The molecule has 1 amide bonds. The lowest BCUT2D eigenvalue weighted by molar-refractivity contribution is -0.137. The van der Waals surface area contributed by atoms with E-state index in [1.807, 2.05) is 0 Å². The molecule has 1 aliphatic carbocycles. The van der Waals surface area contributed by atoms with Gasteiger partial charge in [0.2, 0.25) is 15.9 Å². The molecule has 0 aromatic heterocycles. The van der Waals surface area contributed by atoms with Crippen LogP contribution >= 0.6 is 27.5 Å². The maximum Gasteiger partial charge on any atom is 0.418 e. The summed E-state index contributed by atoms with van der Waals surface area (Å²) in [6.07, 6.45) is -0.980. The Morgan fingerprint density at radius 2 is 1.72 bits per heavy atom. The van der Waals surface area contributed by atoms with Crippen molar-refractivity contribution in [3.63, 3.8) is 0 Å². The molecule has 0 aliphatic heterocycles. The zero-order chi connectivity index (χ0) is 23.5. The van der Waals surface area contributed by atoms with Gasteiger partial charge >= 0.3 is 6.18 Å². The van der Waals surface area contributed by atoms with Crippen molar-refractivity contribution in [2.45, 2.75) is 49.2 Å². The van der Waals surface area contributed by atoms with Crippen molar-refractivity contribution in [2.75, 3.05) is 11.9 Å². The highest BCUT2D eigenvalue weighted by atomic mass is 79.9. The van der Waals surface area contributed by atoms with Gasteiger partial charge in [0.15, 0.2) is 0 Å². The fourth-order valence-corrected chi connectivity index (χ4v) is 5.79. The Kier molecular flexibility index (Phi) is 7.90. The van der Waals surface area contributed by atoms with Crippen LogP contribution in [0.2, 0.25) is 5.02 Å². The summed E-state index contributed by atoms with van der Waals surface area (Å²) in [7, 11) is -4.04. The van der Waals surface area contributed by atoms with Gasteiger partial charge in [-0.15, -0.1) is 0 Å². The van der Waals surface area contributed by atoms with Gasteiger partial charge in [-0.25, -0.2) is 8.42 Å². The van der Waals surface area contributed by atoms with Crippen LogP contribution in [0.25, 0.3) is 0 Å². The summed E-state index contributed by atoms with van der Waals surface area (Å²) in [5.41, 5.74) is -1.57. The Balaban J connectivity index is 1.89. The number of sulfonamides is 1. The number of alkyl halides is 3. The third kappa shape index (κ3) is 6.03. The number of amides is 1. The molecule has 0 spiro atoms. The van der Waals surface area contributed by atoms with Gasteiger partial charge in [0.05, 0.1) is 22.7 Å². The zero-order valence-corrected chi connectivity index (χ0v) is 20.0. The molecule has 1 N–H and O–H groups in total. The second kappa shape index (κ2) is 10.1. The van der Waals surface area contributed by atoms with E-state index in [0.717, 1.165) is 29.6 Å². The molecule has 0 radical (unpaired) electrons. The van der Waals surface area contributed by atoms with E-state index in [1.165, 1.54) is 18.2 Å². The lowest BCUT2D eigenvalue weighted by atomic mass is 9.95. The summed E-state index contributed by atoms with van der Waals surface area (Å²) in [6.45, 7) is -0.594. The summed E-state index contributed by atoms with van der Waals surface area (Å²) in [5, 5.41) is 2.09. The van der Waals surface area contributed by atoms with Gasteiger partial charge in [-0.3, -0.25) is 4.79 Å². The SMILES string of the molecule is O=C(CN(C1CCCCC1)S(=O)(=O)c1ccc(Br)cc1)Nc1ccc(Cl)cc1C(F)(F)F. The van der Waals surface area contributed by atoms with E-state index in [-0.39, 0.29) is 9.92 Å². The summed E-state index contributed by atoms with van der Waals surface area (Å²) in [5.74, 6) is -0.857. The van der Waals surface area contributed by atoms with E-state index in [4.69, 9.17) is 11.6 Å². The number of carbonyl (C=O) groups excluding carboxylic acids is 1. The average molecular weight is 554 g/mol. The Morgan fingerprint density at radius 3 is 2.31 bits per heavy atom. The van der Waals surface area contributed by atoms with Crippen molar-refractivity contribution >= 4 is 49.1 Å². The Hall–Kier alpha value is -1.62. The van der Waals surface area contributed by atoms with E-state index >= 15 is 0 Å². The normalized spacial score (nSPS) is 15.7. The number of halogens is 5. The molecule has 1 fully saturated rings. The van der Waals surface area contributed by atoms with Gasteiger partial charge in [0, 0.05) is 15.5 Å². The van der Waals surface area contributed by atoms with Crippen LogP contribution in [-0.4, -0.2) is 31.2 Å². The van der Waals surface area contributed by atoms with Gasteiger partial charge in [-0.05, 0) is 55.3 Å². The Morgan fingerprint density at radius 1 is 1.09 bits per heavy atom. The van der Waals surface area contributed by atoms with E-state index in [0.29, 0.717) is 23.4 Å². The molecule has 0 heterocycles. The highest BCUT2D eigenvalue weighted by Crippen LogP contribution is 2.36.